The summed E-state index contributed by atoms with van der Waals surface area (Å²) in [7, 11) is 0. The molecule has 3 N–H and O–H groups in total. The maximum absolute atomic E-state index is 12.1. The van der Waals surface area contributed by atoms with Gasteiger partial charge in [0.1, 0.15) is 0 Å². The van der Waals surface area contributed by atoms with Crippen molar-refractivity contribution in [3.63, 3.8) is 0 Å². The quantitative estimate of drug-likeness (QED) is 0.731. The first-order valence-corrected chi connectivity index (χ1v) is 7.47. The average Bonchev–Trinajstić information content (AvgIpc) is 2.87. The topological polar surface area (TPSA) is 87.7 Å². The molecule has 6 nitrogen and oxygen atoms in total. The Morgan fingerprint density at radius 1 is 1.45 bits per heavy atom. The Balaban J connectivity index is 2.10. The van der Waals surface area contributed by atoms with Gasteiger partial charge in [-0.15, -0.1) is 0 Å². The van der Waals surface area contributed by atoms with E-state index in [1.165, 1.54) is 12.1 Å². The Bertz CT molecular complexity index is 577. The number of anilines is 1. The zero-order valence-corrected chi connectivity index (χ0v) is 13.2. The third-order valence-electron chi connectivity index (χ3n) is 3.23. The molecular formula is C15H19ClN2O4. The lowest BCUT2D eigenvalue weighted by Gasteiger charge is -2.14. The minimum atomic E-state index is -0.529. The second-order valence-electron chi connectivity index (χ2n) is 5.49. The fraction of sp³-hybridized carbons (Fsp3) is 0.467. The first kappa shape index (κ1) is 16.7. The summed E-state index contributed by atoms with van der Waals surface area (Å²) in [6.45, 7) is 3.90. The van der Waals surface area contributed by atoms with E-state index >= 15 is 0 Å². The summed E-state index contributed by atoms with van der Waals surface area (Å²) in [5, 5.41) is 15.3. The summed E-state index contributed by atoms with van der Waals surface area (Å²) in [6, 6.07) is 4.08. The highest BCUT2D eigenvalue weighted by molar-refractivity contribution is 6.34. The fourth-order valence-corrected chi connectivity index (χ4v) is 2.33. The van der Waals surface area contributed by atoms with E-state index in [1.807, 2.05) is 0 Å². The predicted octanol–water partition coefficient (Wildman–Crippen LogP) is 1.57. The van der Waals surface area contributed by atoms with Gasteiger partial charge in [-0.05, 0) is 38.5 Å². The lowest BCUT2D eigenvalue weighted by Crippen LogP contribution is -2.35. The van der Waals surface area contributed by atoms with E-state index in [0.29, 0.717) is 29.2 Å². The van der Waals surface area contributed by atoms with Crippen molar-refractivity contribution in [1.82, 2.24) is 5.32 Å². The highest BCUT2D eigenvalue weighted by Crippen LogP contribution is 2.24. The van der Waals surface area contributed by atoms with E-state index < -0.39 is 18.1 Å². The highest BCUT2D eigenvalue weighted by atomic mass is 35.5. The number of hydrogen-bond acceptors (Lipinski definition) is 5. The predicted molar refractivity (Wildman–Crippen MR) is 83.0 cm³/mol. The van der Waals surface area contributed by atoms with Gasteiger partial charge >= 0.3 is 5.97 Å². The van der Waals surface area contributed by atoms with Gasteiger partial charge in [0, 0.05) is 6.54 Å². The second-order valence-corrected chi connectivity index (χ2v) is 5.90. The molecule has 0 unspecified atom stereocenters. The van der Waals surface area contributed by atoms with E-state index in [0.717, 1.165) is 0 Å². The van der Waals surface area contributed by atoms with Crippen LogP contribution in [0.5, 0.6) is 0 Å². The lowest BCUT2D eigenvalue weighted by molar-refractivity contribution is -0.117. The zero-order chi connectivity index (χ0) is 16.3. The molecule has 1 aromatic rings. The van der Waals surface area contributed by atoms with Crippen LogP contribution in [0, 0.1) is 0 Å². The van der Waals surface area contributed by atoms with Gasteiger partial charge in [-0.25, -0.2) is 4.79 Å². The molecule has 1 aromatic carbocycles. The summed E-state index contributed by atoms with van der Waals surface area (Å²) < 4.78 is 5.11. The summed E-state index contributed by atoms with van der Waals surface area (Å²) in [4.78, 5) is 24.0. The molecule has 7 heteroatoms. The molecule has 1 heterocycles. The molecule has 0 aromatic heterocycles. The van der Waals surface area contributed by atoms with Gasteiger partial charge in [-0.1, -0.05) is 11.6 Å². The van der Waals surface area contributed by atoms with E-state index in [9.17, 15) is 14.7 Å². The maximum Gasteiger partial charge on any atom is 0.338 e. The summed E-state index contributed by atoms with van der Waals surface area (Å²) in [5.41, 5.74) is 0.654. The van der Waals surface area contributed by atoms with Crippen LogP contribution in [0.2, 0.25) is 5.02 Å². The van der Waals surface area contributed by atoms with Gasteiger partial charge in [-0.3, -0.25) is 4.79 Å². The Hall–Kier alpha value is -1.63. The van der Waals surface area contributed by atoms with Crippen molar-refractivity contribution >= 4 is 29.2 Å². The Labute approximate surface area is 133 Å². The molecule has 0 radical (unpaired) electrons. The van der Waals surface area contributed by atoms with Gasteiger partial charge in [0.2, 0.25) is 5.91 Å². The number of aliphatic hydroxyl groups is 1. The van der Waals surface area contributed by atoms with Crippen LogP contribution in [0.15, 0.2) is 18.2 Å². The number of esters is 1. The van der Waals surface area contributed by atoms with Crippen molar-refractivity contribution in [2.24, 2.45) is 0 Å². The first-order valence-electron chi connectivity index (χ1n) is 7.09. The van der Waals surface area contributed by atoms with Crippen LogP contribution >= 0.6 is 11.6 Å². The van der Waals surface area contributed by atoms with Crippen molar-refractivity contribution < 1.29 is 19.4 Å². The van der Waals surface area contributed by atoms with Crippen molar-refractivity contribution in [3.8, 4) is 0 Å². The molecule has 0 aliphatic carbocycles. The molecule has 2 rings (SSSR count). The molecule has 1 amide bonds. The lowest BCUT2D eigenvalue weighted by atomic mass is 10.1. The molecule has 22 heavy (non-hydrogen) atoms. The number of ether oxygens (including phenoxy) is 1. The highest BCUT2D eigenvalue weighted by Gasteiger charge is 2.28. The Morgan fingerprint density at radius 3 is 2.77 bits per heavy atom. The number of hydrogen-bond donors (Lipinski definition) is 3. The van der Waals surface area contributed by atoms with Crippen LogP contribution in [0.4, 0.5) is 5.69 Å². The number of β-amino-alcohol motifs (C(OH)–C–C–N with tert-alkyl or cyclic N) is 1. The minimum Gasteiger partial charge on any atom is -0.459 e. The van der Waals surface area contributed by atoms with E-state index in [2.05, 4.69) is 10.6 Å². The van der Waals surface area contributed by atoms with Gasteiger partial charge < -0.3 is 20.5 Å². The van der Waals surface area contributed by atoms with Gasteiger partial charge in [0.15, 0.2) is 0 Å². The van der Waals surface area contributed by atoms with Crippen molar-refractivity contribution in [2.75, 3.05) is 11.9 Å². The van der Waals surface area contributed by atoms with E-state index in [-0.39, 0.29) is 12.0 Å². The number of aliphatic hydroxyl groups excluding tert-OH is 1. The zero-order valence-electron chi connectivity index (χ0n) is 12.4. The molecule has 1 aliphatic rings. The smallest absolute Gasteiger partial charge is 0.338 e. The number of rotatable bonds is 4. The minimum absolute atomic E-state index is 0.231. The molecule has 0 bridgehead atoms. The summed E-state index contributed by atoms with van der Waals surface area (Å²) in [5.74, 6) is -0.774. The standard InChI is InChI=1S/C15H19ClN2O4/c1-8(2)22-15(21)9-3-4-11(16)12(5-9)18-14(20)13-6-10(19)7-17-13/h3-5,8,10,13,17,19H,6-7H2,1-2H3,(H,18,20)/t10-,13+/m1/s1. The fourth-order valence-electron chi connectivity index (χ4n) is 2.17. The van der Waals surface area contributed by atoms with Gasteiger partial charge in [-0.2, -0.15) is 0 Å². The molecular weight excluding hydrogens is 308 g/mol. The van der Waals surface area contributed by atoms with Crippen LogP contribution in [0.1, 0.15) is 30.6 Å². The van der Waals surface area contributed by atoms with Crippen LogP contribution in [0.3, 0.4) is 0 Å². The third kappa shape index (κ3) is 4.19. The van der Waals surface area contributed by atoms with Gasteiger partial charge in [0.25, 0.3) is 0 Å². The van der Waals surface area contributed by atoms with Crippen molar-refractivity contribution in [2.45, 2.75) is 38.5 Å². The molecule has 0 saturated carbocycles. The summed E-state index contributed by atoms with van der Waals surface area (Å²) in [6.07, 6.45) is -0.414. The van der Waals surface area contributed by atoms with Gasteiger partial charge in [0.05, 0.1) is 34.5 Å². The van der Waals surface area contributed by atoms with Crippen molar-refractivity contribution in [1.29, 1.82) is 0 Å². The number of halogens is 1. The monoisotopic (exact) mass is 326 g/mol. The molecule has 2 atom stereocenters. The average molecular weight is 327 g/mol. The Morgan fingerprint density at radius 2 is 2.18 bits per heavy atom. The van der Waals surface area contributed by atoms with E-state index in [4.69, 9.17) is 16.3 Å². The van der Waals surface area contributed by atoms with Crippen LogP contribution in [0.25, 0.3) is 0 Å². The maximum atomic E-state index is 12.1. The number of benzene rings is 1. The number of nitrogens with one attached hydrogen (secondary N) is 2. The number of carbonyl (C=O) groups excluding carboxylic acids is 2. The molecule has 1 saturated heterocycles. The molecule has 1 aliphatic heterocycles. The van der Waals surface area contributed by atoms with Crippen molar-refractivity contribution in [3.05, 3.63) is 28.8 Å². The molecule has 1 fully saturated rings. The summed E-state index contributed by atoms with van der Waals surface area (Å²) >= 11 is 6.05. The van der Waals surface area contributed by atoms with Crippen LogP contribution < -0.4 is 10.6 Å². The largest absolute Gasteiger partial charge is 0.459 e. The van der Waals surface area contributed by atoms with Crippen LogP contribution in [-0.2, 0) is 9.53 Å². The normalized spacial score (nSPS) is 21.0. The second kappa shape index (κ2) is 7.09. The Kier molecular flexibility index (Phi) is 5.39. The van der Waals surface area contributed by atoms with E-state index in [1.54, 1.807) is 19.9 Å². The number of amides is 1. The number of carbonyl (C=O) groups is 2. The first-order chi connectivity index (χ1) is 10.4. The third-order valence-corrected chi connectivity index (χ3v) is 3.56. The SMILES string of the molecule is CC(C)OC(=O)c1ccc(Cl)c(NC(=O)[C@@H]2C[C@@H](O)CN2)c1. The van der Waals surface area contributed by atoms with Crippen LogP contribution in [-0.4, -0.2) is 41.8 Å². The molecule has 120 valence electrons. The molecule has 0 spiro atoms.